The van der Waals surface area contributed by atoms with Crippen molar-refractivity contribution in [3.8, 4) is 0 Å². The Morgan fingerprint density at radius 3 is 2.82 bits per heavy atom. The molecule has 0 saturated heterocycles. The van der Waals surface area contributed by atoms with Crippen LogP contribution in [-0.4, -0.2) is 0 Å². The molecule has 0 spiro atoms. The maximum atomic E-state index is 6.17. The summed E-state index contributed by atoms with van der Waals surface area (Å²) >= 11 is 11.1. The van der Waals surface area contributed by atoms with E-state index in [1.165, 1.54) is 5.56 Å². The summed E-state index contributed by atoms with van der Waals surface area (Å²) in [5, 5.41) is 4.99. The molecule has 1 heterocycles. The minimum absolute atomic E-state index is 0.0588. The molecule has 17 heavy (non-hydrogen) atoms. The van der Waals surface area contributed by atoms with Gasteiger partial charge in [-0.2, -0.15) is 11.3 Å². The first-order valence-electron chi connectivity index (χ1n) is 5.38. The van der Waals surface area contributed by atoms with Crippen LogP contribution in [0.5, 0.6) is 0 Å². The predicted molar refractivity (Wildman–Crippen MR) is 78.7 cm³/mol. The largest absolute Gasteiger partial charge is 0.324 e. The lowest BCUT2D eigenvalue weighted by molar-refractivity contribution is 0.652. The molecule has 1 atom stereocenters. The zero-order chi connectivity index (χ0) is 12.3. The van der Waals surface area contributed by atoms with Crippen molar-refractivity contribution in [2.24, 2.45) is 5.73 Å². The van der Waals surface area contributed by atoms with Gasteiger partial charge in [-0.3, -0.25) is 0 Å². The van der Waals surface area contributed by atoms with Gasteiger partial charge in [0.15, 0.2) is 0 Å². The van der Waals surface area contributed by atoms with Crippen molar-refractivity contribution < 1.29 is 0 Å². The molecule has 0 bridgehead atoms. The standard InChI is InChI=1S/C13H13BrClNS/c14-11-7-10(2-3-12(11)15)13(16)4-1-9-5-6-17-8-9/h2-3,5-8,13H,1,4,16H2. The van der Waals surface area contributed by atoms with E-state index in [-0.39, 0.29) is 6.04 Å². The third-order valence-electron chi connectivity index (χ3n) is 2.70. The third kappa shape index (κ3) is 3.55. The summed E-state index contributed by atoms with van der Waals surface area (Å²) in [4.78, 5) is 0. The highest BCUT2D eigenvalue weighted by Gasteiger charge is 2.08. The molecule has 0 radical (unpaired) electrons. The van der Waals surface area contributed by atoms with Crippen LogP contribution in [0.1, 0.15) is 23.6 Å². The van der Waals surface area contributed by atoms with E-state index in [9.17, 15) is 0 Å². The number of thiophene rings is 1. The zero-order valence-electron chi connectivity index (χ0n) is 9.20. The summed E-state index contributed by atoms with van der Waals surface area (Å²) in [7, 11) is 0. The quantitative estimate of drug-likeness (QED) is 0.856. The van der Waals surface area contributed by atoms with Crippen molar-refractivity contribution in [2.45, 2.75) is 18.9 Å². The summed E-state index contributed by atoms with van der Waals surface area (Å²) in [6.07, 6.45) is 1.97. The summed E-state index contributed by atoms with van der Waals surface area (Å²) in [6.45, 7) is 0. The molecule has 0 amide bonds. The number of hydrogen-bond acceptors (Lipinski definition) is 2. The summed E-state index contributed by atoms with van der Waals surface area (Å²) < 4.78 is 0.905. The molecule has 90 valence electrons. The van der Waals surface area contributed by atoms with Crippen LogP contribution < -0.4 is 5.73 Å². The van der Waals surface area contributed by atoms with Crippen molar-refractivity contribution in [1.82, 2.24) is 0 Å². The number of halogens is 2. The second-order valence-corrected chi connectivity index (χ2v) is 5.99. The maximum Gasteiger partial charge on any atom is 0.0548 e. The molecular formula is C13H13BrClNS. The highest BCUT2D eigenvalue weighted by atomic mass is 79.9. The molecule has 1 nitrogen and oxygen atoms in total. The van der Waals surface area contributed by atoms with Crippen LogP contribution >= 0.6 is 38.9 Å². The number of hydrogen-bond donors (Lipinski definition) is 1. The van der Waals surface area contributed by atoms with E-state index < -0.39 is 0 Å². The third-order valence-corrected chi connectivity index (χ3v) is 4.64. The minimum Gasteiger partial charge on any atom is -0.324 e. The van der Waals surface area contributed by atoms with Gasteiger partial charge in [0, 0.05) is 10.5 Å². The van der Waals surface area contributed by atoms with E-state index in [0.29, 0.717) is 0 Å². The monoisotopic (exact) mass is 329 g/mol. The Balaban J connectivity index is 1.99. The van der Waals surface area contributed by atoms with Gasteiger partial charge in [0.1, 0.15) is 0 Å². The van der Waals surface area contributed by atoms with Crippen LogP contribution in [0, 0.1) is 0 Å². The molecule has 0 aliphatic carbocycles. The van der Waals surface area contributed by atoms with Crippen LogP contribution in [-0.2, 0) is 6.42 Å². The lowest BCUT2D eigenvalue weighted by Gasteiger charge is -2.12. The second kappa shape index (κ2) is 6.01. The van der Waals surface area contributed by atoms with Crippen LogP contribution in [0.2, 0.25) is 5.02 Å². The molecule has 0 saturated carbocycles. The molecule has 1 aromatic heterocycles. The summed E-state index contributed by atoms with van der Waals surface area (Å²) in [5.74, 6) is 0. The Bertz CT molecular complexity index is 484. The van der Waals surface area contributed by atoms with Crippen molar-refractivity contribution in [3.63, 3.8) is 0 Å². The van der Waals surface area contributed by atoms with Gasteiger partial charge in [-0.25, -0.2) is 0 Å². The maximum absolute atomic E-state index is 6.17. The van der Waals surface area contributed by atoms with E-state index in [1.807, 2.05) is 18.2 Å². The normalized spacial score (nSPS) is 12.6. The number of rotatable bonds is 4. The first kappa shape index (κ1) is 13.1. The van der Waals surface area contributed by atoms with Gasteiger partial charge in [0.25, 0.3) is 0 Å². The molecule has 4 heteroatoms. The first-order chi connectivity index (χ1) is 8.16. The summed E-state index contributed by atoms with van der Waals surface area (Å²) in [5.41, 5.74) is 8.65. The van der Waals surface area contributed by atoms with E-state index in [1.54, 1.807) is 11.3 Å². The number of aryl methyl sites for hydroxylation is 1. The van der Waals surface area contributed by atoms with Crippen molar-refractivity contribution in [1.29, 1.82) is 0 Å². The molecule has 1 aromatic carbocycles. The van der Waals surface area contributed by atoms with Gasteiger partial charge in [0.05, 0.1) is 5.02 Å². The van der Waals surface area contributed by atoms with Crippen LogP contribution in [0.25, 0.3) is 0 Å². The number of benzene rings is 1. The highest BCUT2D eigenvalue weighted by Crippen LogP contribution is 2.27. The Kier molecular flexibility index (Phi) is 4.62. The average molecular weight is 331 g/mol. The number of nitrogens with two attached hydrogens (primary N) is 1. The molecule has 0 fully saturated rings. The zero-order valence-corrected chi connectivity index (χ0v) is 12.4. The SMILES string of the molecule is NC(CCc1ccsc1)c1ccc(Cl)c(Br)c1. The van der Waals surface area contributed by atoms with Crippen LogP contribution in [0.3, 0.4) is 0 Å². The fourth-order valence-corrected chi connectivity index (χ4v) is 2.88. The first-order valence-corrected chi connectivity index (χ1v) is 7.50. The molecule has 0 aliphatic rings. The summed E-state index contributed by atoms with van der Waals surface area (Å²) in [6, 6.07) is 8.08. The van der Waals surface area contributed by atoms with Crippen LogP contribution in [0.15, 0.2) is 39.5 Å². The average Bonchev–Trinajstić information content (AvgIpc) is 2.82. The molecule has 1 unspecified atom stereocenters. The topological polar surface area (TPSA) is 26.0 Å². The van der Waals surface area contributed by atoms with E-state index in [2.05, 4.69) is 32.8 Å². The fourth-order valence-electron chi connectivity index (χ4n) is 1.67. The lowest BCUT2D eigenvalue weighted by Crippen LogP contribution is -2.11. The minimum atomic E-state index is 0.0588. The van der Waals surface area contributed by atoms with Gasteiger partial charge in [0.2, 0.25) is 0 Å². The van der Waals surface area contributed by atoms with Crippen molar-refractivity contribution in [2.75, 3.05) is 0 Å². The Morgan fingerprint density at radius 1 is 1.35 bits per heavy atom. The molecule has 0 aliphatic heterocycles. The highest BCUT2D eigenvalue weighted by molar-refractivity contribution is 9.10. The van der Waals surface area contributed by atoms with Crippen molar-refractivity contribution in [3.05, 3.63) is 55.6 Å². The van der Waals surface area contributed by atoms with Gasteiger partial charge in [-0.05, 0) is 68.9 Å². The Hall–Kier alpha value is -0.350. The van der Waals surface area contributed by atoms with Crippen molar-refractivity contribution >= 4 is 38.9 Å². The van der Waals surface area contributed by atoms with Gasteiger partial charge in [-0.1, -0.05) is 17.7 Å². The Morgan fingerprint density at radius 2 is 2.18 bits per heavy atom. The van der Waals surface area contributed by atoms with Gasteiger partial charge >= 0.3 is 0 Å². The molecular weight excluding hydrogens is 318 g/mol. The smallest absolute Gasteiger partial charge is 0.0548 e. The molecule has 2 N–H and O–H groups in total. The van der Waals surface area contributed by atoms with E-state index >= 15 is 0 Å². The van der Waals surface area contributed by atoms with Gasteiger partial charge in [-0.15, -0.1) is 0 Å². The van der Waals surface area contributed by atoms with E-state index in [4.69, 9.17) is 17.3 Å². The fraction of sp³-hybridized carbons (Fsp3) is 0.231. The lowest BCUT2D eigenvalue weighted by atomic mass is 10.0. The van der Waals surface area contributed by atoms with Crippen LogP contribution in [0.4, 0.5) is 0 Å². The second-order valence-electron chi connectivity index (χ2n) is 3.95. The predicted octanol–water partition coefficient (Wildman–Crippen LogP) is 4.80. The van der Waals surface area contributed by atoms with Gasteiger partial charge < -0.3 is 5.73 Å². The van der Waals surface area contributed by atoms with E-state index in [0.717, 1.165) is 27.9 Å². The Labute approximate surface area is 119 Å². The molecule has 2 rings (SSSR count). The molecule has 2 aromatic rings.